The van der Waals surface area contributed by atoms with Gasteiger partial charge in [-0.1, -0.05) is 214 Å². The molecular weight excluding hydrogens is 976 g/mol. The summed E-state index contributed by atoms with van der Waals surface area (Å²) >= 11 is 0. The summed E-state index contributed by atoms with van der Waals surface area (Å²) < 4.78 is 39.6. The van der Waals surface area contributed by atoms with Gasteiger partial charge in [0.2, 0.25) is 0 Å². The monoisotopic (exact) mass is 1080 g/mol. The number of unbranched alkanes of at least 4 members (excludes halogenated alkanes) is 22. The smallest absolute Gasteiger partial charge is 0.462 e. The zero-order valence-electron chi connectivity index (χ0n) is 48.2. The molecule has 0 aromatic heterocycles. The fourth-order valence-corrected chi connectivity index (χ4v) is 8.73. The molecule has 0 saturated carbocycles. The van der Waals surface area contributed by atoms with Crippen molar-refractivity contribution < 1.29 is 52.2 Å². The quantitative estimate of drug-likeness (QED) is 0.0197. The second-order valence-electron chi connectivity index (χ2n) is 19.7. The van der Waals surface area contributed by atoms with E-state index in [1.807, 2.05) is 0 Å². The van der Waals surface area contributed by atoms with Crippen LogP contribution in [0.25, 0.3) is 0 Å². The van der Waals surface area contributed by atoms with Gasteiger partial charge in [-0.3, -0.25) is 23.4 Å². The highest BCUT2D eigenvalue weighted by atomic mass is 31.2. The van der Waals surface area contributed by atoms with Crippen molar-refractivity contribution in [3.05, 3.63) is 97.2 Å². The minimum atomic E-state index is -4.76. The Labute approximate surface area is 463 Å². The van der Waals surface area contributed by atoms with E-state index in [9.17, 15) is 28.9 Å². The van der Waals surface area contributed by atoms with Crippen LogP contribution in [0.5, 0.6) is 0 Å². The molecule has 436 valence electrons. The van der Waals surface area contributed by atoms with Crippen LogP contribution in [-0.4, -0.2) is 66.5 Å². The molecule has 3 atom stereocenters. The van der Waals surface area contributed by atoms with Gasteiger partial charge < -0.3 is 24.2 Å². The number of phosphoric ester groups is 1. The molecule has 0 heterocycles. The maximum atomic E-state index is 12.9. The zero-order chi connectivity index (χ0) is 55.5. The maximum absolute atomic E-state index is 12.9. The summed E-state index contributed by atoms with van der Waals surface area (Å²) in [6.07, 6.45) is 67.9. The molecule has 0 rings (SSSR count). The predicted octanol–water partition coefficient (Wildman–Crippen LogP) is 18.0. The standard InChI is InChI=1S/C64H109O11P/c1-4-7-10-13-16-19-22-25-28-29-30-31-34-37-40-43-46-49-52-55-64(68)75-61(57-71-62(66)53-50-47-44-41-38-35-32-26-23-20-17-14-11-8-5-2)59-73-76(69,70)72-58-60(56-65)74-63(67)54-51-48-45-42-39-36-33-27-24-21-18-15-12-9-6-3/h8-9,11-12,16-21,25-28,32-33,60-61,65H,4-7,10,13-15,22-24,29-31,34-59H2,1-3H3,(H,69,70)/b11-8-,12-9-,19-16-,20-17-,21-18-,28-25-,32-26-,33-27-. The van der Waals surface area contributed by atoms with E-state index >= 15 is 0 Å². The summed E-state index contributed by atoms with van der Waals surface area (Å²) in [6, 6.07) is 0. The van der Waals surface area contributed by atoms with Gasteiger partial charge in [0, 0.05) is 19.3 Å². The molecule has 0 aromatic carbocycles. The highest BCUT2D eigenvalue weighted by Gasteiger charge is 2.28. The van der Waals surface area contributed by atoms with Gasteiger partial charge in [0.15, 0.2) is 6.10 Å². The number of ether oxygens (including phenoxy) is 3. The third-order valence-corrected chi connectivity index (χ3v) is 13.4. The van der Waals surface area contributed by atoms with Crippen molar-refractivity contribution in [3.63, 3.8) is 0 Å². The van der Waals surface area contributed by atoms with E-state index in [4.69, 9.17) is 23.3 Å². The van der Waals surface area contributed by atoms with Gasteiger partial charge in [-0.2, -0.15) is 0 Å². The SMILES string of the molecule is CC/C=C\C/C=C\C/C=C\CCCCCCCC(=O)OCC(COP(=O)(O)OCC(CO)OC(=O)CCCCCCC/C=C\C/C=C\C/C=C\CC)OC(=O)CCCCCCCCCCC/C=C\C/C=C\CCCCC. The van der Waals surface area contributed by atoms with Gasteiger partial charge in [-0.05, 0) is 116 Å². The Balaban J connectivity index is 4.76. The predicted molar refractivity (Wildman–Crippen MR) is 316 cm³/mol. The molecule has 0 radical (unpaired) electrons. The Morgan fingerprint density at radius 2 is 0.684 bits per heavy atom. The Morgan fingerprint density at radius 3 is 1.05 bits per heavy atom. The molecule has 0 aliphatic heterocycles. The number of aliphatic hydroxyl groups excluding tert-OH is 1. The topological polar surface area (TPSA) is 155 Å². The van der Waals surface area contributed by atoms with Gasteiger partial charge in [-0.25, -0.2) is 4.57 Å². The molecule has 12 heteroatoms. The number of hydrogen-bond donors (Lipinski definition) is 2. The zero-order valence-corrected chi connectivity index (χ0v) is 49.1. The van der Waals surface area contributed by atoms with E-state index in [1.54, 1.807) is 0 Å². The Bertz CT molecular complexity index is 1640. The van der Waals surface area contributed by atoms with Crippen molar-refractivity contribution in [2.45, 2.75) is 264 Å². The largest absolute Gasteiger partial charge is 0.472 e. The lowest BCUT2D eigenvalue weighted by molar-refractivity contribution is -0.161. The number of esters is 3. The molecule has 11 nitrogen and oxygen atoms in total. The van der Waals surface area contributed by atoms with E-state index in [2.05, 4.69) is 118 Å². The molecule has 0 bridgehead atoms. The first-order chi connectivity index (χ1) is 37.2. The van der Waals surface area contributed by atoms with Crippen LogP contribution in [0, 0.1) is 0 Å². The van der Waals surface area contributed by atoms with Crippen LogP contribution in [0.4, 0.5) is 0 Å². The highest BCUT2D eigenvalue weighted by molar-refractivity contribution is 7.47. The number of aliphatic hydroxyl groups is 1. The fourth-order valence-electron chi connectivity index (χ4n) is 7.94. The van der Waals surface area contributed by atoms with Crippen LogP contribution in [0.15, 0.2) is 97.2 Å². The van der Waals surface area contributed by atoms with E-state index in [-0.39, 0.29) is 25.9 Å². The van der Waals surface area contributed by atoms with Crippen molar-refractivity contribution in [2.75, 3.05) is 26.4 Å². The number of allylic oxidation sites excluding steroid dienone is 16. The Hall–Kier alpha value is -3.60. The second kappa shape index (κ2) is 57.6. The van der Waals surface area contributed by atoms with Gasteiger partial charge >= 0.3 is 25.7 Å². The summed E-state index contributed by atoms with van der Waals surface area (Å²) in [5.41, 5.74) is 0. The van der Waals surface area contributed by atoms with E-state index < -0.39 is 57.8 Å². The van der Waals surface area contributed by atoms with Crippen LogP contribution in [-0.2, 0) is 42.2 Å². The van der Waals surface area contributed by atoms with Crippen molar-refractivity contribution in [3.8, 4) is 0 Å². The summed E-state index contributed by atoms with van der Waals surface area (Å²) in [4.78, 5) is 48.6. The number of carbonyl (C=O) groups excluding carboxylic acids is 3. The van der Waals surface area contributed by atoms with Crippen LogP contribution in [0.1, 0.15) is 252 Å². The normalized spacial score (nSPS) is 14.0. The van der Waals surface area contributed by atoms with Crippen LogP contribution < -0.4 is 0 Å². The van der Waals surface area contributed by atoms with E-state index in [0.29, 0.717) is 19.3 Å². The molecular formula is C64H109O11P. The van der Waals surface area contributed by atoms with Crippen LogP contribution in [0.2, 0.25) is 0 Å². The second-order valence-corrected chi connectivity index (χ2v) is 21.2. The van der Waals surface area contributed by atoms with Gasteiger partial charge in [0.1, 0.15) is 12.7 Å². The average molecular weight is 1090 g/mol. The number of hydrogen-bond acceptors (Lipinski definition) is 10. The first kappa shape index (κ1) is 72.4. The minimum Gasteiger partial charge on any atom is -0.462 e. The molecule has 0 amide bonds. The van der Waals surface area contributed by atoms with Crippen molar-refractivity contribution in [2.24, 2.45) is 0 Å². The molecule has 3 unspecified atom stereocenters. The van der Waals surface area contributed by atoms with Crippen molar-refractivity contribution >= 4 is 25.7 Å². The van der Waals surface area contributed by atoms with E-state index in [0.717, 1.165) is 135 Å². The lowest BCUT2D eigenvalue weighted by Crippen LogP contribution is -2.30. The molecule has 76 heavy (non-hydrogen) atoms. The molecule has 2 N–H and O–H groups in total. The molecule has 0 aromatic rings. The third kappa shape index (κ3) is 55.2. The fraction of sp³-hybridized carbons (Fsp3) is 0.703. The van der Waals surface area contributed by atoms with Crippen LogP contribution >= 0.6 is 7.82 Å². The average Bonchev–Trinajstić information content (AvgIpc) is 3.41. The molecule has 0 saturated heterocycles. The molecule has 0 aliphatic rings. The van der Waals surface area contributed by atoms with Crippen molar-refractivity contribution in [1.29, 1.82) is 0 Å². The Kier molecular flexibility index (Phi) is 54.8. The summed E-state index contributed by atoms with van der Waals surface area (Å²) in [6.45, 7) is 4.36. The van der Waals surface area contributed by atoms with Gasteiger partial charge in [-0.15, -0.1) is 0 Å². The van der Waals surface area contributed by atoms with Gasteiger partial charge in [0.25, 0.3) is 0 Å². The minimum absolute atomic E-state index is 0.153. The molecule has 0 aliphatic carbocycles. The highest BCUT2D eigenvalue weighted by Crippen LogP contribution is 2.43. The summed E-state index contributed by atoms with van der Waals surface area (Å²) in [5, 5.41) is 9.83. The Morgan fingerprint density at radius 1 is 0.382 bits per heavy atom. The van der Waals surface area contributed by atoms with Gasteiger partial charge in [0.05, 0.1) is 19.8 Å². The number of rotatable bonds is 55. The number of phosphoric acid groups is 1. The number of carbonyl (C=O) groups is 3. The molecule has 0 spiro atoms. The lowest BCUT2D eigenvalue weighted by Gasteiger charge is -2.21. The van der Waals surface area contributed by atoms with E-state index in [1.165, 1.54) is 57.8 Å². The lowest BCUT2D eigenvalue weighted by atomic mass is 10.1. The van der Waals surface area contributed by atoms with Crippen molar-refractivity contribution in [1.82, 2.24) is 0 Å². The first-order valence-electron chi connectivity index (χ1n) is 30.1. The summed E-state index contributed by atoms with van der Waals surface area (Å²) in [5.74, 6) is -1.51. The summed E-state index contributed by atoms with van der Waals surface area (Å²) in [7, 11) is -4.76. The molecule has 0 fully saturated rings. The van der Waals surface area contributed by atoms with Crippen LogP contribution in [0.3, 0.4) is 0 Å². The maximum Gasteiger partial charge on any atom is 0.472 e. The third-order valence-electron chi connectivity index (χ3n) is 12.5. The first-order valence-corrected chi connectivity index (χ1v) is 31.6.